The largest absolute Gasteiger partial charge is 0.306 e. The molecule has 0 saturated carbocycles. The van der Waals surface area contributed by atoms with E-state index in [1.807, 2.05) is 37.3 Å². The molecule has 0 aliphatic carbocycles. The lowest BCUT2D eigenvalue weighted by molar-refractivity contribution is 0.102. The van der Waals surface area contributed by atoms with Gasteiger partial charge in [-0.3, -0.25) is 9.78 Å². The van der Waals surface area contributed by atoms with Crippen molar-refractivity contribution in [1.29, 1.82) is 0 Å². The van der Waals surface area contributed by atoms with E-state index in [4.69, 9.17) is 5.10 Å². The lowest BCUT2D eigenvalue weighted by Gasteiger charge is -2.30. The van der Waals surface area contributed by atoms with Crippen LogP contribution in [0, 0.1) is 6.92 Å². The predicted octanol–water partition coefficient (Wildman–Crippen LogP) is 3.58. The van der Waals surface area contributed by atoms with Gasteiger partial charge in [-0.15, -0.1) is 0 Å². The fraction of sp³-hybridized carbons (Fsp3) is 0.250. The van der Waals surface area contributed by atoms with Gasteiger partial charge in [-0.1, -0.05) is 23.8 Å². The second kappa shape index (κ2) is 10.6. The van der Waals surface area contributed by atoms with Crippen molar-refractivity contribution >= 4 is 27.4 Å². The molecule has 0 radical (unpaired) electrons. The molecular weight excluding hydrogens is 528 g/mol. The Hall–Kier alpha value is -4.42. The summed E-state index contributed by atoms with van der Waals surface area (Å²) >= 11 is 0. The standard InChI is InChI=1S/C28H28N8O3S/c1-20-5-7-23(8-6-20)36-26(32-28(37)24-18-31-35-13-3-12-30-27(24)35)16-25(33-36)22-9-14-34(15-10-22)40(38,39)19-21-4-2-11-29-17-21/h2-8,11-13,16-18,22H,9-10,14-15,19H2,1H3,(H,32,37). The van der Waals surface area contributed by atoms with E-state index in [1.54, 1.807) is 56.5 Å². The molecule has 0 atom stereocenters. The van der Waals surface area contributed by atoms with E-state index < -0.39 is 10.0 Å². The highest BCUT2D eigenvalue weighted by atomic mass is 32.2. The average Bonchev–Trinajstić information content (AvgIpc) is 3.59. The zero-order chi connectivity index (χ0) is 27.7. The molecule has 5 heterocycles. The number of nitrogens with one attached hydrogen (secondary N) is 1. The van der Waals surface area contributed by atoms with Gasteiger partial charge in [0.05, 0.1) is 23.3 Å². The van der Waals surface area contributed by atoms with Crippen LogP contribution in [0.15, 0.2) is 79.5 Å². The van der Waals surface area contributed by atoms with Gasteiger partial charge in [0.2, 0.25) is 10.0 Å². The third kappa shape index (κ3) is 5.23. The van der Waals surface area contributed by atoms with Gasteiger partial charge < -0.3 is 5.32 Å². The fourth-order valence-electron chi connectivity index (χ4n) is 4.96. The van der Waals surface area contributed by atoms with Crippen LogP contribution < -0.4 is 5.32 Å². The van der Waals surface area contributed by atoms with E-state index in [0.717, 1.165) is 16.9 Å². The van der Waals surface area contributed by atoms with Crippen molar-refractivity contribution in [1.82, 2.24) is 33.7 Å². The van der Waals surface area contributed by atoms with E-state index in [9.17, 15) is 13.2 Å². The van der Waals surface area contributed by atoms with Crippen molar-refractivity contribution in [2.24, 2.45) is 0 Å². The summed E-state index contributed by atoms with van der Waals surface area (Å²) in [7, 11) is -3.45. The molecule has 1 aromatic carbocycles. The van der Waals surface area contributed by atoms with Crippen LogP contribution in [-0.4, -0.2) is 61.1 Å². The summed E-state index contributed by atoms with van der Waals surface area (Å²) < 4.78 is 30.8. The van der Waals surface area contributed by atoms with E-state index in [1.165, 1.54) is 6.20 Å². The number of anilines is 1. The molecule has 0 bridgehead atoms. The van der Waals surface area contributed by atoms with Crippen LogP contribution in [0.1, 0.15) is 45.9 Å². The fourth-order valence-corrected chi connectivity index (χ4v) is 6.50. The van der Waals surface area contributed by atoms with Gasteiger partial charge in [-0.25, -0.2) is 26.9 Å². The number of pyridine rings is 1. The Labute approximate surface area is 231 Å². The Morgan fingerprint density at radius 2 is 1.85 bits per heavy atom. The zero-order valence-corrected chi connectivity index (χ0v) is 22.7. The minimum Gasteiger partial charge on any atom is -0.306 e. The second-order valence-electron chi connectivity index (χ2n) is 9.89. The molecule has 1 fully saturated rings. The Kier molecular flexibility index (Phi) is 6.86. The van der Waals surface area contributed by atoms with Crippen LogP contribution in [0.4, 0.5) is 5.82 Å². The van der Waals surface area contributed by atoms with Crippen LogP contribution in [0.3, 0.4) is 0 Å². The number of sulfonamides is 1. The quantitative estimate of drug-likeness (QED) is 0.325. The molecule has 0 spiro atoms. The second-order valence-corrected chi connectivity index (χ2v) is 11.9. The lowest BCUT2D eigenvalue weighted by atomic mass is 9.95. The molecule has 5 aromatic rings. The Morgan fingerprint density at radius 3 is 2.60 bits per heavy atom. The van der Waals surface area contributed by atoms with Gasteiger partial charge in [0.15, 0.2) is 5.65 Å². The highest BCUT2D eigenvalue weighted by molar-refractivity contribution is 7.88. The molecule has 0 unspecified atom stereocenters. The van der Waals surface area contributed by atoms with E-state index in [-0.39, 0.29) is 17.6 Å². The molecule has 1 amide bonds. The topological polar surface area (TPSA) is 127 Å². The maximum absolute atomic E-state index is 13.3. The minimum atomic E-state index is -3.45. The van der Waals surface area contributed by atoms with Crippen LogP contribution in [0.25, 0.3) is 11.3 Å². The van der Waals surface area contributed by atoms with Gasteiger partial charge in [-0.05, 0) is 49.6 Å². The molecule has 1 aliphatic heterocycles. The summed E-state index contributed by atoms with van der Waals surface area (Å²) in [6.45, 7) is 2.82. The SMILES string of the molecule is Cc1ccc(-n2nc(C3CCN(S(=O)(=O)Cc4cccnc4)CC3)cc2NC(=O)c2cnn3cccnc23)cc1. The van der Waals surface area contributed by atoms with E-state index in [2.05, 4.69) is 20.4 Å². The number of nitrogens with zero attached hydrogens (tertiary/aromatic N) is 7. The van der Waals surface area contributed by atoms with Crippen molar-refractivity contribution in [3.8, 4) is 5.69 Å². The Morgan fingerprint density at radius 1 is 1.05 bits per heavy atom. The Balaban J connectivity index is 1.23. The van der Waals surface area contributed by atoms with E-state index >= 15 is 0 Å². The molecule has 12 heteroatoms. The third-order valence-corrected chi connectivity index (χ3v) is 8.96. The monoisotopic (exact) mass is 556 g/mol. The first-order chi connectivity index (χ1) is 19.4. The number of fused-ring (bicyclic) bond motifs is 1. The molecule has 6 rings (SSSR count). The van der Waals surface area contributed by atoms with Crippen molar-refractivity contribution in [3.63, 3.8) is 0 Å². The first kappa shape index (κ1) is 25.8. The smallest absolute Gasteiger partial charge is 0.262 e. The van der Waals surface area contributed by atoms with Crippen molar-refractivity contribution in [3.05, 3.63) is 102 Å². The van der Waals surface area contributed by atoms with Crippen LogP contribution in [0.5, 0.6) is 0 Å². The molecule has 204 valence electrons. The zero-order valence-electron chi connectivity index (χ0n) is 21.9. The van der Waals surface area contributed by atoms with Crippen molar-refractivity contribution in [2.45, 2.75) is 31.4 Å². The molecular formula is C28H28N8O3S. The highest BCUT2D eigenvalue weighted by Crippen LogP contribution is 2.32. The summed E-state index contributed by atoms with van der Waals surface area (Å²) in [6, 6.07) is 15.0. The van der Waals surface area contributed by atoms with Crippen LogP contribution in [0.2, 0.25) is 0 Å². The molecule has 11 nitrogen and oxygen atoms in total. The number of amides is 1. The summed E-state index contributed by atoms with van der Waals surface area (Å²) in [4.78, 5) is 21.6. The molecule has 1 saturated heterocycles. The van der Waals surface area contributed by atoms with Gasteiger partial charge in [-0.2, -0.15) is 10.2 Å². The number of hydrogen-bond donors (Lipinski definition) is 1. The highest BCUT2D eigenvalue weighted by Gasteiger charge is 2.31. The summed E-state index contributed by atoms with van der Waals surface area (Å²) in [6.07, 6.45) is 9.31. The number of carbonyl (C=O) groups excluding carboxylic acids is 1. The first-order valence-electron chi connectivity index (χ1n) is 13.0. The molecule has 4 aromatic heterocycles. The summed E-state index contributed by atoms with van der Waals surface area (Å²) in [5.41, 5.74) is 4.20. The predicted molar refractivity (Wildman–Crippen MR) is 150 cm³/mol. The maximum atomic E-state index is 13.3. The van der Waals surface area contributed by atoms with Gasteiger partial charge in [0.25, 0.3) is 5.91 Å². The van der Waals surface area contributed by atoms with Crippen molar-refractivity contribution < 1.29 is 13.2 Å². The van der Waals surface area contributed by atoms with Crippen molar-refractivity contribution in [2.75, 3.05) is 18.4 Å². The van der Waals surface area contributed by atoms with Crippen LogP contribution in [-0.2, 0) is 15.8 Å². The van der Waals surface area contributed by atoms with Crippen LogP contribution >= 0.6 is 0 Å². The number of piperidine rings is 1. The lowest BCUT2D eigenvalue weighted by Crippen LogP contribution is -2.38. The van der Waals surface area contributed by atoms with Gasteiger partial charge in [0.1, 0.15) is 11.4 Å². The number of rotatable bonds is 7. The third-order valence-electron chi connectivity index (χ3n) is 7.11. The van der Waals surface area contributed by atoms with Gasteiger partial charge in [0, 0.05) is 49.9 Å². The molecule has 1 N–H and O–H groups in total. The minimum absolute atomic E-state index is 0.0471. The number of hydrogen-bond acceptors (Lipinski definition) is 7. The normalized spacial score (nSPS) is 14.9. The summed E-state index contributed by atoms with van der Waals surface area (Å²) in [5.74, 6) is 0.156. The number of carbonyl (C=O) groups is 1. The number of aryl methyl sites for hydroxylation is 1. The van der Waals surface area contributed by atoms with E-state index in [0.29, 0.717) is 48.5 Å². The number of aromatic nitrogens is 6. The number of benzene rings is 1. The molecule has 1 aliphatic rings. The first-order valence-corrected chi connectivity index (χ1v) is 14.6. The average molecular weight is 557 g/mol. The van der Waals surface area contributed by atoms with Gasteiger partial charge >= 0.3 is 0 Å². The Bertz CT molecular complexity index is 1760. The summed E-state index contributed by atoms with van der Waals surface area (Å²) in [5, 5.41) is 12.1. The maximum Gasteiger partial charge on any atom is 0.262 e. The molecule has 40 heavy (non-hydrogen) atoms.